The molecular formula is C12H21N. The van der Waals surface area contributed by atoms with E-state index in [1.54, 1.807) is 0 Å². The summed E-state index contributed by atoms with van der Waals surface area (Å²) >= 11 is 0. The lowest BCUT2D eigenvalue weighted by molar-refractivity contribution is 0.163. The Hall–Kier alpha value is -0.300. The van der Waals surface area contributed by atoms with Crippen molar-refractivity contribution >= 4 is 0 Å². The van der Waals surface area contributed by atoms with Crippen molar-refractivity contribution in [2.24, 2.45) is 5.92 Å². The molecule has 0 spiro atoms. The van der Waals surface area contributed by atoms with Crippen LogP contribution in [0.25, 0.3) is 0 Å². The van der Waals surface area contributed by atoms with E-state index in [1.165, 1.54) is 5.57 Å². The molecule has 0 radical (unpaired) electrons. The lowest BCUT2D eigenvalue weighted by Crippen LogP contribution is -2.39. The standard InChI is InChI=1S/C12H21N/c1-10(2)7-12-5-4-6-13(12)9-11(3)8-12/h10H,3-9H2,1-2H3/t12-/m1/s1/i7D2. The highest BCUT2D eigenvalue weighted by molar-refractivity contribution is 5.17. The molecule has 0 aromatic heterocycles. The molecule has 2 heterocycles. The first kappa shape index (κ1) is 7.05. The van der Waals surface area contributed by atoms with Crippen LogP contribution in [0.5, 0.6) is 0 Å². The van der Waals surface area contributed by atoms with Crippen molar-refractivity contribution in [1.82, 2.24) is 4.90 Å². The molecule has 0 N–H and O–H groups in total. The summed E-state index contributed by atoms with van der Waals surface area (Å²) in [6, 6.07) is 0. The van der Waals surface area contributed by atoms with Gasteiger partial charge >= 0.3 is 0 Å². The summed E-state index contributed by atoms with van der Waals surface area (Å²) in [6.45, 7) is 9.99. The molecular weight excluding hydrogens is 158 g/mol. The maximum absolute atomic E-state index is 8.37. The van der Waals surface area contributed by atoms with Gasteiger partial charge in [-0.05, 0) is 38.1 Å². The Morgan fingerprint density at radius 3 is 3.15 bits per heavy atom. The summed E-state index contributed by atoms with van der Waals surface area (Å²) in [5.41, 5.74) is 0.970. The average molecular weight is 181 g/mol. The predicted octanol–water partition coefficient (Wildman–Crippen LogP) is 2.83. The second kappa shape index (κ2) is 3.13. The van der Waals surface area contributed by atoms with E-state index in [-0.39, 0.29) is 11.5 Å². The lowest BCUT2D eigenvalue weighted by Gasteiger charge is -2.33. The molecule has 2 aliphatic heterocycles. The topological polar surface area (TPSA) is 3.24 Å². The van der Waals surface area contributed by atoms with Crippen molar-refractivity contribution in [2.45, 2.75) is 45.0 Å². The minimum absolute atomic E-state index is 0.0731. The third-order valence-corrected chi connectivity index (χ3v) is 3.14. The molecule has 0 amide bonds. The molecule has 1 nitrogen and oxygen atoms in total. The van der Waals surface area contributed by atoms with Gasteiger partial charge in [0.15, 0.2) is 0 Å². The second-order valence-electron chi connectivity index (χ2n) is 4.78. The van der Waals surface area contributed by atoms with Crippen molar-refractivity contribution in [1.29, 1.82) is 0 Å². The van der Waals surface area contributed by atoms with Crippen molar-refractivity contribution in [2.75, 3.05) is 13.1 Å². The predicted molar refractivity (Wildman–Crippen MR) is 56.8 cm³/mol. The van der Waals surface area contributed by atoms with Crippen LogP contribution >= 0.6 is 0 Å². The van der Waals surface area contributed by atoms with E-state index in [0.717, 1.165) is 32.4 Å². The monoisotopic (exact) mass is 181 g/mol. The largest absolute Gasteiger partial charge is 0.293 e. The summed E-state index contributed by atoms with van der Waals surface area (Å²) in [6.07, 6.45) is 1.90. The Kier molecular flexibility index (Phi) is 1.70. The average Bonchev–Trinajstić information content (AvgIpc) is 2.60. The van der Waals surface area contributed by atoms with Crippen LogP contribution in [0.1, 0.15) is 42.2 Å². The van der Waals surface area contributed by atoms with Gasteiger partial charge < -0.3 is 0 Å². The van der Waals surface area contributed by atoms with Crippen LogP contribution in [-0.4, -0.2) is 23.5 Å². The van der Waals surface area contributed by atoms with Gasteiger partial charge in [-0.2, -0.15) is 0 Å². The third kappa shape index (κ3) is 1.54. The molecule has 0 aromatic carbocycles. The van der Waals surface area contributed by atoms with Gasteiger partial charge in [0.05, 0.1) is 0 Å². The lowest BCUT2D eigenvalue weighted by atomic mass is 9.84. The van der Waals surface area contributed by atoms with Crippen molar-refractivity contribution in [3.05, 3.63) is 12.2 Å². The van der Waals surface area contributed by atoms with Crippen LogP contribution in [0, 0.1) is 5.92 Å². The number of hydrogen-bond donors (Lipinski definition) is 0. The van der Waals surface area contributed by atoms with Gasteiger partial charge in [-0.15, -0.1) is 0 Å². The van der Waals surface area contributed by atoms with E-state index in [9.17, 15) is 0 Å². The first-order chi connectivity index (χ1) is 6.90. The van der Waals surface area contributed by atoms with Gasteiger partial charge in [0, 0.05) is 14.8 Å². The smallest absolute Gasteiger partial charge is 0.0288 e. The molecule has 74 valence electrons. The first-order valence-corrected chi connectivity index (χ1v) is 5.32. The fourth-order valence-electron chi connectivity index (χ4n) is 2.86. The fraction of sp³-hybridized carbons (Fsp3) is 0.833. The van der Waals surface area contributed by atoms with Crippen LogP contribution in [0.4, 0.5) is 0 Å². The molecule has 2 aliphatic rings. The summed E-state index contributed by atoms with van der Waals surface area (Å²) in [7, 11) is 0. The van der Waals surface area contributed by atoms with Crippen LogP contribution < -0.4 is 0 Å². The van der Waals surface area contributed by atoms with Gasteiger partial charge in [-0.25, -0.2) is 0 Å². The molecule has 2 fully saturated rings. The molecule has 0 aromatic rings. The molecule has 2 saturated heterocycles. The van der Waals surface area contributed by atoms with Gasteiger partial charge in [0.1, 0.15) is 0 Å². The summed E-state index contributed by atoms with van der Waals surface area (Å²) in [5, 5.41) is 0. The van der Waals surface area contributed by atoms with Crippen LogP contribution in [0.2, 0.25) is 0 Å². The molecule has 0 aliphatic carbocycles. The number of rotatable bonds is 2. The Bertz CT molecular complexity index is 285. The highest BCUT2D eigenvalue weighted by Gasteiger charge is 2.45. The molecule has 13 heavy (non-hydrogen) atoms. The Balaban J connectivity index is 2.35. The molecule has 0 unspecified atom stereocenters. The normalized spacial score (nSPS) is 37.9. The third-order valence-electron chi connectivity index (χ3n) is 3.14. The van der Waals surface area contributed by atoms with Gasteiger partial charge in [-0.1, -0.05) is 26.0 Å². The zero-order valence-corrected chi connectivity index (χ0v) is 8.77. The minimum Gasteiger partial charge on any atom is -0.293 e. The maximum Gasteiger partial charge on any atom is 0.0288 e. The van der Waals surface area contributed by atoms with E-state index >= 15 is 0 Å². The summed E-state index contributed by atoms with van der Waals surface area (Å²) in [5.74, 6) is 0.0731. The van der Waals surface area contributed by atoms with Crippen molar-refractivity contribution in [3.63, 3.8) is 0 Å². The maximum atomic E-state index is 8.37. The molecule has 0 bridgehead atoms. The summed E-state index contributed by atoms with van der Waals surface area (Å²) < 4.78 is 16.7. The highest BCUT2D eigenvalue weighted by Crippen LogP contribution is 2.44. The Morgan fingerprint density at radius 1 is 1.69 bits per heavy atom. The van der Waals surface area contributed by atoms with Gasteiger partial charge in [-0.3, -0.25) is 4.90 Å². The fourth-order valence-corrected chi connectivity index (χ4v) is 2.86. The minimum atomic E-state index is -1.09. The van der Waals surface area contributed by atoms with Crippen LogP contribution in [0.3, 0.4) is 0 Å². The highest BCUT2D eigenvalue weighted by atomic mass is 15.2. The number of fused-ring (bicyclic) bond motifs is 1. The van der Waals surface area contributed by atoms with Crippen molar-refractivity contribution in [3.8, 4) is 0 Å². The van der Waals surface area contributed by atoms with Crippen LogP contribution in [-0.2, 0) is 0 Å². The van der Waals surface area contributed by atoms with E-state index in [0.29, 0.717) is 0 Å². The molecule has 0 saturated carbocycles. The molecule has 1 atom stereocenters. The van der Waals surface area contributed by atoms with E-state index in [1.807, 2.05) is 13.8 Å². The molecule has 2 rings (SSSR count). The number of nitrogens with zero attached hydrogens (tertiary/aromatic N) is 1. The zero-order valence-electron chi connectivity index (χ0n) is 10.8. The second-order valence-corrected chi connectivity index (χ2v) is 4.78. The Labute approximate surface area is 84.6 Å². The van der Waals surface area contributed by atoms with E-state index in [4.69, 9.17) is 2.74 Å². The van der Waals surface area contributed by atoms with Gasteiger partial charge in [0.2, 0.25) is 0 Å². The SMILES string of the molecule is [2H]C([2H])(C(C)C)[C@@]12CCCN1CC(=C)C2. The van der Waals surface area contributed by atoms with E-state index in [2.05, 4.69) is 11.5 Å². The van der Waals surface area contributed by atoms with Crippen LogP contribution in [0.15, 0.2) is 12.2 Å². The van der Waals surface area contributed by atoms with Crippen molar-refractivity contribution < 1.29 is 2.74 Å². The first-order valence-electron chi connectivity index (χ1n) is 6.32. The van der Waals surface area contributed by atoms with Gasteiger partial charge in [0.25, 0.3) is 0 Å². The number of hydrogen-bond acceptors (Lipinski definition) is 1. The zero-order chi connectivity index (χ0) is 11.3. The quantitative estimate of drug-likeness (QED) is 0.592. The summed E-state index contributed by atoms with van der Waals surface area (Å²) in [4.78, 5) is 2.33. The Morgan fingerprint density at radius 2 is 2.46 bits per heavy atom. The molecule has 1 heteroatoms. The van der Waals surface area contributed by atoms with E-state index < -0.39 is 6.37 Å².